The van der Waals surface area contributed by atoms with Gasteiger partial charge in [-0.1, -0.05) is 88.2 Å². The summed E-state index contributed by atoms with van der Waals surface area (Å²) in [5, 5.41) is 0. The van der Waals surface area contributed by atoms with Crippen LogP contribution in [0.2, 0.25) is 0 Å². The summed E-state index contributed by atoms with van der Waals surface area (Å²) in [6.07, 6.45) is 32.8. The van der Waals surface area contributed by atoms with E-state index in [0.717, 1.165) is 53.3 Å². The molecule has 15 aliphatic carbocycles. The van der Waals surface area contributed by atoms with Crippen LogP contribution in [0.5, 0.6) is 0 Å². The lowest BCUT2D eigenvalue weighted by molar-refractivity contribution is -0.0316. The molecule has 2 aromatic carbocycles. The predicted octanol–water partition coefficient (Wildman–Crippen LogP) is 15.3. The van der Waals surface area contributed by atoms with Crippen LogP contribution in [-0.2, 0) is 10.8 Å². The molecule has 2 aromatic rings. The Kier molecular flexibility index (Phi) is 7.03. The molecule has 0 amide bonds. The normalized spacial score (nSPS) is 48.4. The first-order valence-corrected chi connectivity index (χ1v) is 25.6. The Morgan fingerprint density at radius 3 is 1.24 bits per heavy atom. The zero-order chi connectivity index (χ0) is 38.7. The van der Waals surface area contributed by atoms with Crippen molar-refractivity contribution in [2.24, 2.45) is 81.3 Å². The number of benzene rings is 2. The van der Waals surface area contributed by atoms with E-state index in [-0.39, 0.29) is 10.8 Å². The maximum absolute atomic E-state index is 2.99. The van der Waals surface area contributed by atoms with Gasteiger partial charge in [0.1, 0.15) is 0 Å². The molecule has 0 aromatic heterocycles. The molecule has 58 heavy (non-hydrogen) atoms. The summed E-state index contributed by atoms with van der Waals surface area (Å²) in [5.74, 6) is 10.7. The highest BCUT2D eigenvalue weighted by atomic mass is 14.6. The van der Waals surface area contributed by atoms with Crippen molar-refractivity contribution in [2.75, 3.05) is 0 Å². The van der Waals surface area contributed by atoms with Gasteiger partial charge in [-0.3, -0.25) is 0 Å². The Hall–Kier alpha value is -2.08. The van der Waals surface area contributed by atoms with Gasteiger partial charge in [-0.05, 0) is 254 Å². The van der Waals surface area contributed by atoms with Gasteiger partial charge in [0.25, 0.3) is 0 Å². The molecular formula is C58H74. The van der Waals surface area contributed by atoms with Gasteiger partial charge in [-0.15, -0.1) is 0 Å². The summed E-state index contributed by atoms with van der Waals surface area (Å²) in [4.78, 5) is 0. The van der Waals surface area contributed by atoms with Crippen LogP contribution in [-0.4, -0.2) is 0 Å². The van der Waals surface area contributed by atoms with E-state index in [9.17, 15) is 0 Å². The molecule has 0 radical (unpaired) electrons. The molecule has 15 aliphatic rings. The minimum Gasteiger partial charge on any atom is -0.0619 e. The summed E-state index contributed by atoms with van der Waals surface area (Å²) in [6, 6.07) is 16.8. The number of allylic oxidation sites excluding steroid dienone is 4. The topological polar surface area (TPSA) is 0 Å². The van der Waals surface area contributed by atoms with Gasteiger partial charge in [0.15, 0.2) is 0 Å². The van der Waals surface area contributed by atoms with Crippen molar-refractivity contribution in [1.82, 2.24) is 0 Å². The van der Waals surface area contributed by atoms with E-state index in [1.165, 1.54) is 109 Å². The smallest absolute Gasteiger partial charge is 0.0201 e. The van der Waals surface area contributed by atoms with Crippen LogP contribution in [0, 0.1) is 81.3 Å². The molecule has 0 nitrogen and oxygen atoms in total. The lowest BCUT2D eigenvalue weighted by Crippen LogP contribution is -2.48. The van der Waals surface area contributed by atoms with Gasteiger partial charge in [0.2, 0.25) is 0 Å². The summed E-state index contributed by atoms with van der Waals surface area (Å²) < 4.78 is 0. The van der Waals surface area contributed by atoms with E-state index >= 15 is 0 Å². The van der Waals surface area contributed by atoms with Crippen LogP contribution < -0.4 is 0 Å². The third kappa shape index (κ3) is 4.66. The van der Waals surface area contributed by atoms with E-state index < -0.39 is 0 Å². The molecule has 12 bridgehead atoms. The van der Waals surface area contributed by atoms with Crippen LogP contribution >= 0.6 is 0 Å². The van der Waals surface area contributed by atoms with Gasteiger partial charge in [0, 0.05) is 11.3 Å². The zero-order valence-corrected chi connectivity index (χ0v) is 37.1. The summed E-state index contributed by atoms with van der Waals surface area (Å²) in [7, 11) is 0. The lowest BCUT2D eigenvalue weighted by atomic mass is 9.47. The predicted molar refractivity (Wildman–Crippen MR) is 239 cm³/mol. The zero-order valence-electron chi connectivity index (χ0n) is 37.1. The second-order valence-electron chi connectivity index (χ2n) is 26.7. The molecule has 2 atom stereocenters. The molecule has 17 rings (SSSR count). The van der Waals surface area contributed by atoms with Crippen molar-refractivity contribution >= 4 is 0 Å². The third-order valence-electron chi connectivity index (χ3n) is 22.1. The molecule has 2 unspecified atom stereocenters. The van der Waals surface area contributed by atoms with Crippen molar-refractivity contribution in [2.45, 2.75) is 180 Å². The van der Waals surface area contributed by atoms with Gasteiger partial charge in [-0.25, -0.2) is 0 Å². The van der Waals surface area contributed by atoms with Gasteiger partial charge in [-0.2, -0.15) is 0 Å². The summed E-state index contributed by atoms with van der Waals surface area (Å²) in [5.41, 5.74) is 17.8. The maximum atomic E-state index is 2.99. The van der Waals surface area contributed by atoms with Crippen LogP contribution in [0.4, 0.5) is 0 Å². The fourth-order valence-electron chi connectivity index (χ4n) is 21.2. The second-order valence-corrected chi connectivity index (χ2v) is 26.7. The second kappa shape index (κ2) is 11.5. The van der Waals surface area contributed by atoms with Gasteiger partial charge < -0.3 is 0 Å². The number of hydrogen-bond donors (Lipinski definition) is 0. The van der Waals surface area contributed by atoms with Gasteiger partial charge >= 0.3 is 0 Å². The quantitative estimate of drug-likeness (QED) is 0.284. The van der Waals surface area contributed by atoms with E-state index in [1.807, 2.05) is 16.7 Å². The Balaban J connectivity index is 0.944. The standard InChI is InChI=1S/C58H74/c1-33(2)58(32-52(54(3,4)5)50-21-45(22-51(50)58)57-29-40-16-41(30-57)18-42(17-40)31-57)53-46-8-6-43(55-23-34-10-35(24-55)12-36(11-34)25-55)19-48(46)49-20-44(7-9-47(49)53)56-26-37-13-38(27-56)15-39(14-37)28-56/h6-9,19-20,22,33-42,52-53H,10-18,21,23-32H2,1-5H3. The fraction of sp³-hybridized carbons (Fsp3) is 0.724. The summed E-state index contributed by atoms with van der Waals surface area (Å²) >= 11 is 0. The summed E-state index contributed by atoms with van der Waals surface area (Å²) in [6.45, 7) is 13.1. The minimum absolute atomic E-state index is 0.141. The first-order valence-electron chi connectivity index (χ1n) is 25.6. The maximum Gasteiger partial charge on any atom is 0.0201 e. The highest BCUT2D eigenvalue weighted by Crippen LogP contribution is 2.73. The minimum atomic E-state index is 0.141. The van der Waals surface area contributed by atoms with E-state index in [1.54, 1.807) is 52.6 Å². The van der Waals surface area contributed by atoms with E-state index in [2.05, 4.69) is 77.1 Å². The molecule has 0 heteroatoms. The van der Waals surface area contributed by atoms with Crippen LogP contribution in [0.1, 0.15) is 191 Å². The molecule has 0 heterocycles. The fourth-order valence-corrected chi connectivity index (χ4v) is 21.2. The Morgan fingerprint density at radius 1 is 0.500 bits per heavy atom. The van der Waals surface area contributed by atoms with Gasteiger partial charge in [0.05, 0.1) is 0 Å². The first kappa shape index (κ1) is 35.5. The Labute approximate surface area is 352 Å². The Morgan fingerprint density at radius 2 is 0.879 bits per heavy atom. The van der Waals surface area contributed by atoms with Crippen LogP contribution in [0.3, 0.4) is 0 Å². The highest BCUT2D eigenvalue weighted by molar-refractivity contribution is 5.82. The molecule has 12 saturated carbocycles. The SMILES string of the molecule is CC(C)C1(C2c3ccc(C45CC6CC(CC(C6)C4)C5)cc3-c3cc(C45CC6CC(CC(C6)C4)C5)ccc32)CC(C(C)(C)C)C2=C1C=C(C13CC4CC(CC(C4)C1)C3)C2. The first-order chi connectivity index (χ1) is 27.9. The molecule has 0 spiro atoms. The molecule has 0 N–H and O–H groups in total. The molecular weight excluding hydrogens is 697 g/mol. The highest BCUT2D eigenvalue weighted by Gasteiger charge is 2.61. The van der Waals surface area contributed by atoms with Crippen molar-refractivity contribution < 1.29 is 0 Å². The van der Waals surface area contributed by atoms with Crippen molar-refractivity contribution in [1.29, 1.82) is 0 Å². The van der Waals surface area contributed by atoms with E-state index in [0.29, 0.717) is 34.0 Å². The van der Waals surface area contributed by atoms with Crippen LogP contribution in [0.15, 0.2) is 59.2 Å². The van der Waals surface area contributed by atoms with Crippen molar-refractivity contribution in [3.05, 3.63) is 81.4 Å². The third-order valence-corrected chi connectivity index (χ3v) is 22.1. The number of rotatable bonds is 5. The molecule has 0 aliphatic heterocycles. The number of fused-ring (bicyclic) bond motifs is 3. The van der Waals surface area contributed by atoms with Crippen LogP contribution in [0.25, 0.3) is 11.1 Å². The number of hydrogen-bond acceptors (Lipinski definition) is 0. The van der Waals surface area contributed by atoms with E-state index in [4.69, 9.17) is 0 Å². The molecule has 306 valence electrons. The van der Waals surface area contributed by atoms with Crippen molar-refractivity contribution in [3.63, 3.8) is 0 Å². The lowest BCUT2D eigenvalue weighted by Gasteiger charge is -2.58. The molecule has 12 fully saturated rings. The largest absolute Gasteiger partial charge is 0.0619 e. The average Bonchev–Trinajstić information content (AvgIpc) is 3.83. The average molecular weight is 771 g/mol. The Bertz CT molecular complexity index is 1970. The molecule has 0 saturated heterocycles. The monoisotopic (exact) mass is 771 g/mol. The van der Waals surface area contributed by atoms with Crippen molar-refractivity contribution in [3.8, 4) is 11.1 Å².